The minimum absolute atomic E-state index is 0.163. The summed E-state index contributed by atoms with van der Waals surface area (Å²) >= 11 is 0. The Bertz CT molecular complexity index is 1420. The summed E-state index contributed by atoms with van der Waals surface area (Å²) in [6.07, 6.45) is -0.855. The maximum atomic E-state index is 13.0. The van der Waals surface area contributed by atoms with Gasteiger partial charge in [-0.25, -0.2) is 0 Å². The summed E-state index contributed by atoms with van der Waals surface area (Å²) in [5, 5.41) is 10.9. The van der Waals surface area contributed by atoms with Crippen LogP contribution in [0.3, 0.4) is 0 Å². The summed E-state index contributed by atoms with van der Waals surface area (Å²) in [7, 11) is 0. The molecule has 0 atom stereocenters. The Morgan fingerprint density at radius 1 is 0.923 bits per heavy atom. The Balaban J connectivity index is 1.63. The summed E-state index contributed by atoms with van der Waals surface area (Å²) in [4.78, 5) is 40.3. The standard InChI is InChI=1S/C28H26F3N5O3/c1-3-21(15-32-16-33-22-8-5-9-23(13-22)34-17-37)35-27(39)25-14-24(11-10-18(25)2)36-26(38)19-6-4-7-20(12-19)28(29,30)31/h3-15,17,33H,16H2,1-2H3,(H,34,37)(H,35,39)(H,36,38)/b21-3+,32-15-. The van der Waals surface area contributed by atoms with E-state index in [1.54, 1.807) is 50.3 Å². The van der Waals surface area contributed by atoms with Crippen LogP contribution in [-0.4, -0.2) is 31.1 Å². The molecular formula is C28H26F3N5O3. The monoisotopic (exact) mass is 537 g/mol. The average molecular weight is 538 g/mol. The van der Waals surface area contributed by atoms with E-state index in [1.165, 1.54) is 18.3 Å². The quantitative estimate of drug-likeness (QED) is 0.199. The summed E-state index contributed by atoms with van der Waals surface area (Å²) in [5.41, 5.74) is 1.84. The van der Waals surface area contributed by atoms with Crippen molar-refractivity contribution in [3.05, 3.63) is 101 Å². The van der Waals surface area contributed by atoms with Gasteiger partial charge in [-0.15, -0.1) is 0 Å². The fourth-order valence-electron chi connectivity index (χ4n) is 3.43. The van der Waals surface area contributed by atoms with Gasteiger partial charge in [0.2, 0.25) is 6.41 Å². The van der Waals surface area contributed by atoms with Crippen molar-refractivity contribution in [2.24, 2.45) is 4.99 Å². The lowest BCUT2D eigenvalue weighted by molar-refractivity contribution is -0.137. The molecule has 0 saturated heterocycles. The first-order valence-electron chi connectivity index (χ1n) is 11.7. The van der Waals surface area contributed by atoms with E-state index in [0.29, 0.717) is 23.4 Å². The zero-order valence-electron chi connectivity index (χ0n) is 21.1. The predicted molar refractivity (Wildman–Crippen MR) is 145 cm³/mol. The molecule has 0 aliphatic rings. The molecule has 0 radical (unpaired) electrons. The third-order valence-electron chi connectivity index (χ3n) is 5.45. The number of rotatable bonds is 10. The van der Waals surface area contributed by atoms with E-state index in [9.17, 15) is 27.6 Å². The average Bonchev–Trinajstić information content (AvgIpc) is 2.91. The molecule has 3 aromatic rings. The third-order valence-corrected chi connectivity index (χ3v) is 5.45. The number of hydrogen-bond acceptors (Lipinski definition) is 5. The Labute approximate surface area is 223 Å². The number of aliphatic imine (C=N–C) groups is 1. The van der Waals surface area contributed by atoms with Gasteiger partial charge in [0.1, 0.15) is 6.67 Å². The van der Waals surface area contributed by atoms with Crippen LogP contribution in [0.1, 0.15) is 38.8 Å². The van der Waals surface area contributed by atoms with Crippen molar-refractivity contribution in [3.8, 4) is 0 Å². The van der Waals surface area contributed by atoms with Gasteiger partial charge in [0.05, 0.1) is 11.3 Å². The SMILES string of the molecule is C/C=C(\C=N/CNc1cccc(NC=O)c1)NC(=O)c1cc(NC(=O)c2cccc(C(F)(F)F)c2)ccc1C. The van der Waals surface area contributed by atoms with E-state index in [2.05, 4.69) is 26.3 Å². The van der Waals surface area contributed by atoms with Gasteiger partial charge in [-0.2, -0.15) is 13.2 Å². The molecule has 0 unspecified atom stereocenters. The molecule has 4 N–H and O–H groups in total. The molecule has 3 rings (SSSR count). The van der Waals surface area contributed by atoms with E-state index in [1.807, 2.05) is 6.07 Å². The highest BCUT2D eigenvalue weighted by Gasteiger charge is 2.30. The maximum Gasteiger partial charge on any atom is 0.416 e. The number of carbonyl (C=O) groups excluding carboxylic acids is 3. The van der Waals surface area contributed by atoms with E-state index < -0.39 is 23.6 Å². The van der Waals surface area contributed by atoms with Crippen molar-refractivity contribution >= 4 is 41.5 Å². The number of nitrogens with one attached hydrogen (secondary N) is 4. The summed E-state index contributed by atoms with van der Waals surface area (Å²) in [6, 6.07) is 15.8. The highest BCUT2D eigenvalue weighted by Crippen LogP contribution is 2.29. The molecule has 11 heteroatoms. The predicted octanol–water partition coefficient (Wildman–Crippen LogP) is 5.61. The van der Waals surface area contributed by atoms with Crippen LogP contribution in [-0.2, 0) is 11.0 Å². The van der Waals surface area contributed by atoms with Crippen LogP contribution < -0.4 is 21.3 Å². The summed E-state index contributed by atoms with van der Waals surface area (Å²) < 4.78 is 39.0. The first-order chi connectivity index (χ1) is 18.6. The minimum atomic E-state index is -4.57. The first-order valence-corrected chi connectivity index (χ1v) is 11.7. The van der Waals surface area contributed by atoms with Crippen molar-refractivity contribution in [2.75, 3.05) is 22.6 Å². The fourth-order valence-corrected chi connectivity index (χ4v) is 3.43. The molecular weight excluding hydrogens is 511 g/mol. The molecule has 0 aromatic heterocycles. The number of amides is 3. The highest BCUT2D eigenvalue weighted by atomic mass is 19.4. The highest BCUT2D eigenvalue weighted by molar-refractivity contribution is 6.06. The van der Waals surface area contributed by atoms with E-state index in [4.69, 9.17) is 0 Å². The van der Waals surface area contributed by atoms with Crippen molar-refractivity contribution in [3.63, 3.8) is 0 Å². The third kappa shape index (κ3) is 8.29. The molecule has 3 amide bonds. The van der Waals surface area contributed by atoms with Crippen molar-refractivity contribution < 1.29 is 27.6 Å². The van der Waals surface area contributed by atoms with Crippen molar-refractivity contribution in [1.29, 1.82) is 0 Å². The topological polar surface area (TPSA) is 112 Å². The lowest BCUT2D eigenvalue weighted by Crippen LogP contribution is -2.24. The molecule has 0 saturated carbocycles. The fraction of sp³-hybridized carbons (Fsp3) is 0.143. The number of aryl methyl sites for hydroxylation is 1. The molecule has 8 nitrogen and oxygen atoms in total. The molecule has 0 bridgehead atoms. The van der Waals surface area contributed by atoms with Gasteiger partial charge >= 0.3 is 6.18 Å². The van der Waals surface area contributed by atoms with Crippen LogP contribution >= 0.6 is 0 Å². The second-order valence-corrected chi connectivity index (χ2v) is 8.25. The Kier molecular flexibility index (Phi) is 9.58. The Morgan fingerprint density at radius 2 is 1.67 bits per heavy atom. The smallest absolute Gasteiger partial charge is 0.366 e. The van der Waals surface area contributed by atoms with Gasteiger partial charge in [0, 0.05) is 34.4 Å². The lowest BCUT2D eigenvalue weighted by Gasteiger charge is -2.12. The van der Waals surface area contributed by atoms with Crippen LogP contribution in [0.2, 0.25) is 0 Å². The molecule has 0 heterocycles. The van der Waals surface area contributed by atoms with E-state index in [0.717, 1.165) is 23.9 Å². The van der Waals surface area contributed by atoms with E-state index >= 15 is 0 Å². The molecule has 39 heavy (non-hydrogen) atoms. The number of anilines is 3. The first kappa shape index (κ1) is 28.6. The van der Waals surface area contributed by atoms with Crippen molar-refractivity contribution in [2.45, 2.75) is 20.0 Å². The van der Waals surface area contributed by atoms with Gasteiger partial charge in [-0.3, -0.25) is 19.4 Å². The van der Waals surface area contributed by atoms with Crippen LogP contribution in [0.5, 0.6) is 0 Å². The Morgan fingerprint density at radius 3 is 2.38 bits per heavy atom. The Hall–Kier alpha value is -4.93. The lowest BCUT2D eigenvalue weighted by atomic mass is 10.1. The largest absolute Gasteiger partial charge is 0.416 e. The number of nitrogens with zero attached hydrogens (tertiary/aromatic N) is 1. The van der Waals surface area contributed by atoms with Crippen LogP contribution in [0.15, 0.2) is 83.5 Å². The number of halogens is 3. The normalized spacial score (nSPS) is 11.7. The van der Waals surface area contributed by atoms with Crippen molar-refractivity contribution in [1.82, 2.24) is 5.32 Å². The van der Waals surface area contributed by atoms with Gasteiger partial charge in [0.15, 0.2) is 0 Å². The van der Waals surface area contributed by atoms with Gasteiger partial charge in [0.25, 0.3) is 11.8 Å². The second kappa shape index (κ2) is 13.0. The number of carbonyl (C=O) groups is 3. The second-order valence-electron chi connectivity index (χ2n) is 8.25. The van der Waals surface area contributed by atoms with Gasteiger partial charge in [-0.1, -0.05) is 24.3 Å². The van der Waals surface area contributed by atoms with E-state index in [-0.39, 0.29) is 23.5 Å². The number of benzene rings is 3. The molecule has 0 aliphatic heterocycles. The molecule has 202 valence electrons. The summed E-state index contributed by atoms with van der Waals surface area (Å²) in [5.74, 6) is -1.19. The number of allylic oxidation sites excluding steroid dienone is 2. The van der Waals surface area contributed by atoms with Gasteiger partial charge in [-0.05, 0) is 67.9 Å². The maximum absolute atomic E-state index is 13.0. The molecule has 3 aromatic carbocycles. The molecule has 0 fully saturated rings. The summed E-state index contributed by atoms with van der Waals surface area (Å²) in [6.45, 7) is 3.64. The minimum Gasteiger partial charge on any atom is -0.366 e. The zero-order valence-corrected chi connectivity index (χ0v) is 21.1. The molecule has 0 spiro atoms. The van der Waals surface area contributed by atoms with Crippen LogP contribution in [0, 0.1) is 6.92 Å². The zero-order chi connectivity index (χ0) is 28.4. The van der Waals surface area contributed by atoms with Gasteiger partial charge < -0.3 is 21.3 Å². The van der Waals surface area contributed by atoms with Crippen LogP contribution in [0.4, 0.5) is 30.2 Å². The number of alkyl halides is 3. The number of hydrogen-bond donors (Lipinski definition) is 4. The van der Waals surface area contributed by atoms with Crippen LogP contribution in [0.25, 0.3) is 0 Å². The molecule has 0 aliphatic carbocycles.